The van der Waals surface area contributed by atoms with Crippen LogP contribution < -0.4 is 10.2 Å². The van der Waals surface area contributed by atoms with Crippen molar-refractivity contribution in [3.05, 3.63) is 29.8 Å². The molecule has 0 aliphatic carbocycles. The van der Waals surface area contributed by atoms with Gasteiger partial charge in [0.05, 0.1) is 0 Å². The van der Waals surface area contributed by atoms with E-state index in [1.807, 2.05) is 0 Å². The Morgan fingerprint density at radius 2 is 2.06 bits per heavy atom. The van der Waals surface area contributed by atoms with Crippen molar-refractivity contribution in [2.45, 2.75) is 45.7 Å². The zero-order chi connectivity index (χ0) is 12.3. The van der Waals surface area contributed by atoms with E-state index in [4.69, 9.17) is 0 Å². The first-order valence-corrected chi connectivity index (χ1v) is 6.80. The topological polar surface area (TPSA) is 15.3 Å². The number of anilines is 1. The molecule has 94 valence electrons. The molecule has 2 heteroatoms. The lowest BCUT2D eigenvalue weighted by Crippen LogP contribution is -2.38. The van der Waals surface area contributed by atoms with E-state index in [0.717, 1.165) is 19.5 Å². The summed E-state index contributed by atoms with van der Waals surface area (Å²) in [5, 5.41) is 3.59. The molecule has 1 aliphatic heterocycles. The van der Waals surface area contributed by atoms with Gasteiger partial charge in [-0.25, -0.2) is 0 Å². The fraction of sp³-hybridized carbons (Fsp3) is 0.600. The van der Waals surface area contributed by atoms with E-state index in [0.29, 0.717) is 12.1 Å². The number of benzene rings is 1. The summed E-state index contributed by atoms with van der Waals surface area (Å²) in [6.45, 7) is 9.08. The zero-order valence-corrected chi connectivity index (χ0v) is 11.2. The molecule has 2 rings (SSSR count). The molecular weight excluding hydrogens is 208 g/mol. The first kappa shape index (κ1) is 12.4. The van der Waals surface area contributed by atoms with Gasteiger partial charge in [-0.2, -0.15) is 0 Å². The van der Waals surface area contributed by atoms with E-state index in [1.165, 1.54) is 17.7 Å². The summed E-state index contributed by atoms with van der Waals surface area (Å²) in [6, 6.07) is 10.0. The van der Waals surface area contributed by atoms with Crippen molar-refractivity contribution in [3.8, 4) is 0 Å². The molecule has 1 aliphatic rings. The Bertz CT molecular complexity index is 362. The summed E-state index contributed by atoms with van der Waals surface area (Å²) in [5.41, 5.74) is 2.90. The van der Waals surface area contributed by atoms with E-state index < -0.39 is 0 Å². The number of nitrogens with zero attached hydrogens (tertiary/aromatic N) is 1. The van der Waals surface area contributed by atoms with Crippen molar-refractivity contribution < 1.29 is 0 Å². The van der Waals surface area contributed by atoms with Gasteiger partial charge in [0.15, 0.2) is 0 Å². The highest BCUT2D eigenvalue weighted by Crippen LogP contribution is 2.24. The number of hydrogen-bond acceptors (Lipinski definition) is 2. The van der Waals surface area contributed by atoms with E-state index >= 15 is 0 Å². The fourth-order valence-electron chi connectivity index (χ4n) is 2.58. The van der Waals surface area contributed by atoms with Crippen molar-refractivity contribution >= 4 is 5.69 Å². The Labute approximate surface area is 105 Å². The molecule has 2 unspecified atom stereocenters. The van der Waals surface area contributed by atoms with Crippen LogP contribution in [0.1, 0.15) is 32.8 Å². The minimum absolute atomic E-state index is 0.577. The second-order valence-electron chi connectivity index (χ2n) is 5.12. The Morgan fingerprint density at radius 3 is 2.82 bits per heavy atom. The molecule has 0 saturated carbocycles. The van der Waals surface area contributed by atoms with Gasteiger partial charge in [-0.1, -0.05) is 25.1 Å². The number of nitrogens with one attached hydrogen (secondary N) is 1. The fourth-order valence-corrected chi connectivity index (χ4v) is 2.58. The maximum atomic E-state index is 3.59. The highest BCUT2D eigenvalue weighted by Gasteiger charge is 2.21. The molecule has 0 spiro atoms. The smallest absolute Gasteiger partial charge is 0.0401 e. The third kappa shape index (κ3) is 2.81. The summed E-state index contributed by atoms with van der Waals surface area (Å²) in [7, 11) is 0. The average molecular weight is 232 g/mol. The molecule has 1 heterocycles. The van der Waals surface area contributed by atoms with Crippen LogP contribution in [0, 0.1) is 0 Å². The monoisotopic (exact) mass is 232 g/mol. The average Bonchev–Trinajstić information content (AvgIpc) is 2.52. The standard InChI is InChI=1S/C15H24N2/c1-4-14-7-5-6-8-15(14)17-10-9-12(2)16-11-13(17)3/h5-8,12-13,16H,4,9-11H2,1-3H3. The summed E-state index contributed by atoms with van der Waals surface area (Å²) in [6.07, 6.45) is 2.34. The molecule has 1 fully saturated rings. The van der Waals surface area contributed by atoms with Crippen molar-refractivity contribution in [2.75, 3.05) is 18.0 Å². The van der Waals surface area contributed by atoms with Gasteiger partial charge in [0.1, 0.15) is 0 Å². The van der Waals surface area contributed by atoms with Crippen LogP contribution >= 0.6 is 0 Å². The largest absolute Gasteiger partial charge is 0.367 e. The van der Waals surface area contributed by atoms with Crippen LogP contribution in [0.3, 0.4) is 0 Å². The molecule has 1 aromatic carbocycles. The summed E-state index contributed by atoms with van der Waals surface area (Å²) >= 11 is 0. The van der Waals surface area contributed by atoms with Gasteiger partial charge in [-0.15, -0.1) is 0 Å². The molecule has 2 nitrogen and oxygen atoms in total. The van der Waals surface area contributed by atoms with Gasteiger partial charge >= 0.3 is 0 Å². The third-order valence-electron chi connectivity index (χ3n) is 3.78. The number of aryl methyl sites for hydroxylation is 1. The van der Waals surface area contributed by atoms with Crippen molar-refractivity contribution in [1.29, 1.82) is 0 Å². The molecule has 0 amide bonds. The predicted molar refractivity (Wildman–Crippen MR) is 74.7 cm³/mol. The molecule has 0 radical (unpaired) electrons. The highest BCUT2D eigenvalue weighted by atomic mass is 15.2. The van der Waals surface area contributed by atoms with Crippen LogP contribution in [0.4, 0.5) is 5.69 Å². The van der Waals surface area contributed by atoms with Gasteiger partial charge in [0.2, 0.25) is 0 Å². The highest BCUT2D eigenvalue weighted by molar-refractivity contribution is 5.54. The molecule has 0 bridgehead atoms. The lowest BCUT2D eigenvalue weighted by Gasteiger charge is -2.31. The first-order valence-electron chi connectivity index (χ1n) is 6.80. The molecule has 2 atom stereocenters. The van der Waals surface area contributed by atoms with Crippen molar-refractivity contribution in [2.24, 2.45) is 0 Å². The Kier molecular flexibility index (Phi) is 4.06. The lowest BCUT2D eigenvalue weighted by molar-refractivity contribution is 0.548. The normalized spacial score (nSPS) is 25.7. The molecule has 1 N–H and O–H groups in total. The molecule has 1 aromatic rings. The third-order valence-corrected chi connectivity index (χ3v) is 3.78. The van der Waals surface area contributed by atoms with Crippen molar-refractivity contribution in [1.82, 2.24) is 5.32 Å². The van der Waals surface area contributed by atoms with E-state index in [9.17, 15) is 0 Å². The zero-order valence-electron chi connectivity index (χ0n) is 11.2. The van der Waals surface area contributed by atoms with E-state index in [-0.39, 0.29) is 0 Å². The first-order chi connectivity index (χ1) is 8.22. The van der Waals surface area contributed by atoms with Gasteiger partial charge in [-0.05, 0) is 38.3 Å². The van der Waals surface area contributed by atoms with Crippen LogP contribution in [-0.2, 0) is 6.42 Å². The second kappa shape index (κ2) is 5.54. The SMILES string of the molecule is CCc1ccccc1N1CCC(C)NCC1C. The molecular formula is C15H24N2. The van der Waals surface area contributed by atoms with Gasteiger partial charge in [0, 0.05) is 30.9 Å². The number of para-hydroxylation sites is 1. The maximum absolute atomic E-state index is 3.59. The van der Waals surface area contributed by atoms with E-state index in [2.05, 4.69) is 55.3 Å². The maximum Gasteiger partial charge on any atom is 0.0401 e. The Hall–Kier alpha value is -1.02. The molecule has 1 saturated heterocycles. The molecule has 17 heavy (non-hydrogen) atoms. The Balaban J connectivity index is 2.24. The minimum Gasteiger partial charge on any atom is -0.367 e. The summed E-state index contributed by atoms with van der Waals surface area (Å²) < 4.78 is 0. The summed E-state index contributed by atoms with van der Waals surface area (Å²) in [4.78, 5) is 2.56. The van der Waals surface area contributed by atoms with Gasteiger partial charge in [0.25, 0.3) is 0 Å². The summed E-state index contributed by atoms with van der Waals surface area (Å²) in [5.74, 6) is 0. The lowest BCUT2D eigenvalue weighted by atomic mass is 10.1. The van der Waals surface area contributed by atoms with Gasteiger partial charge < -0.3 is 10.2 Å². The van der Waals surface area contributed by atoms with Crippen LogP contribution in [0.5, 0.6) is 0 Å². The van der Waals surface area contributed by atoms with Crippen LogP contribution in [-0.4, -0.2) is 25.2 Å². The predicted octanol–water partition coefficient (Wildman–Crippen LogP) is 2.83. The minimum atomic E-state index is 0.577. The quantitative estimate of drug-likeness (QED) is 0.843. The number of hydrogen-bond donors (Lipinski definition) is 1. The molecule has 0 aromatic heterocycles. The van der Waals surface area contributed by atoms with Crippen LogP contribution in [0.15, 0.2) is 24.3 Å². The number of rotatable bonds is 2. The van der Waals surface area contributed by atoms with Crippen LogP contribution in [0.2, 0.25) is 0 Å². The van der Waals surface area contributed by atoms with Gasteiger partial charge in [-0.3, -0.25) is 0 Å². The Morgan fingerprint density at radius 1 is 1.29 bits per heavy atom. The van der Waals surface area contributed by atoms with E-state index in [1.54, 1.807) is 0 Å². The second-order valence-corrected chi connectivity index (χ2v) is 5.12. The van der Waals surface area contributed by atoms with Crippen molar-refractivity contribution in [3.63, 3.8) is 0 Å². The van der Waals surface area contributed by atoms with Crippen LogP contribution in [0.25, 0.3) is 0 Å².